The number of aliphatic hydroxyl groups is 2. The van der Waals surface area contributed by atoms with E-state index in [0.717, 1.165) is 0 Å². The average Bonchev–Trinajstić information content (AvgIpc) is 2.88. The molecule has 0 saturated carbocycles. The molecule has 18 heavy (non-hydrogen) atoms. The lowest BCUT2D eigenvalue weighted by Crippen LogP contribution is -2.35. The van der Waals surface area contributed by atoms with Crippen molar-refractivity contribution in [3.8, 4) is 0 Å². The molecule has 2 fully saturated rings. The minimum absolute atomic E-state index is 0.139. The fourth-order valence-electron chi connectivity index (χ4n) is 2.54. The minimum Gasteiger partial charge on any atom is -0.457 e. The highest BCUT2D eigenvalue weighted by Gasteiger charge is 2.53. The predicted molar refractivity (Wildman–Crippen MR) is 60.6 cm³/mol. The van der Waals surface area contributed by atoms with Crippen LogP contribution in [0.5, 0.6) is 0 Å². The van der Waals surface area contributed by atoms with Crippen LogP contribution < -0.4 is 0 Å². The molecule has 1 aromatic rings. The summed E-state index contributed by atoms with van der Waals surface area (Å²) in [6.07, 6.45) is -3.63. The van der Waals surface area contributed by atoms with Crippen molar-refractivity contribution in [1.29, 1.82) is 0 Å². The van der Waals surface area contributed by atoms with E-state index in [1.54, 1.807) is 24.3 Å². The zero-order valence-corrected chi connectivity index (χ0v) is 9.60. The number of hydrogen-bond acceptors (Lipinski definition) is 5. The molecular formula is C13H14O5. The van der Waals surface area contributed by atoms with E-state index in [2.05, 4.69) is 0 Å². The molecule has 2 N–H and O–H groups in total. The maximum absolute atomic E-state index is 11.1. The number of fused-ring (bicyclic) bond motifs is 1. The van der Waals surface area contributed by atoms with Gasteiger partial charge in [-0.3, -0.25) is 4.79 Å². The van der Waals surface area contributed by atoms with Crippen LogP contribution in [-0.2, 0) is 14.3 Å². The molecule has 5 nitrogen and oxygen atoms in total. The van der Waals surface area contributed by atoms with Crippen LogP contribution in [0.4, 0.5) is 0 Å². The maximum Gasteiger partial charge on any atom is 0.309 e. The molecule has 3 rings (SSSR count). The lowest BCUT2D eigenvalue weighted by molar-refractivity contribution is -0.147. The standard InChI is InChI=1S/C13H14O5/c14-9-6-8-12(18-9)11(16)13(17-8)10(15)7-4-2-1-3-5-7/h1-5,8,10-13,15-16H,6H2/t8-,10-,11-,12+,13-/m0/s1. The summed E-state index contributed by atoms with van der Waals surface area (Å²) >= 11 is 0. The maximum atomic E-state index is 11.1. The van der Waals surface area contributed by atoms with Crippen LogP contribution in [0.25, 0.3) is 0 Å². The predicted octanol–water partition coefficient (Wildman–Crippen LogP) is 0.164. The first kappa shape index (κ1) is 11.6. The molecule has 2 aliphatic rings. The van der Waals surface area contributed by atoms with Crippen LogP contribution in [-0.4, -0.2) is 40.6 Å². The summed E-state index contributed by atoms with van der Waals surface area (Å²) < 4.78 is 10.5. The Morgan fingerprint density at radius 2 is 2.00 bits per heavy atom. The Balaban J connectivity index is 1.77. The van der Waals surface area contributed by atoms with Gasteiger partial charge in [0.2, 0.25) is 0 Å². The summed E-state index contributed by atoms with van der Waals surface area (Å²) in [5.74, 6) is -0.364. The summed E-state index contributed by atoms with van der Waals surface area (Å²) in [6.45, 7) is 0. The van der Waals surface area contributed by atoms with Gasteiger partial charge in [0.15, 0.2) is 6.10 Å². The van der Waals surface area contributed by atoms with Crippen molar-refractivity contribution >= 4 is 5.97 Å². The van der Waals surface area contributed by atoms with Gasteiger partial charge < -0.3 is 19.7 Å². The third-order valence-electron chi connectivity index (χ3n) is 3.46. The largest absolute Gasteiger partial charge is 0.457 e. The van der Waals surface area contributed by atoms with Crippen molar-refractivity contribution < 1.29 is 24.5 Å². The first-order chi connectivity index (χ1) is 8.66. The highest BCUT2D eigenvalue weighted by molar-refractivity contribution is 5.73. The summed E-state index contributed by atoms with van der Waals surface area (Å²) in [6, 6.07) is 8.99. The number of carbonyl (C=O) groups excluding carboxylic acids is 1. The average molecular weight is 250 g/mol. The Hall–Kier alpha value is -1.43. The van der Waals surface area contributed by atoms with Crippen LogP contribution in [0.2, 0.25) is 0 Å². The quantitative estimate of drug-likeness (QED) is 0.731. The van der Waals surface area contributed by atoms with E-state index >= 15 is 0 Å². The number of ether oxygens (including phenoxy) is 2. The Labute approximate surface area is 104 Å². The molecule has 0 bridgehead atoms. The third kappa shape index (κ3) is 1.80. The molecule has 0 amide bonds. The monoisotopic (exact) mass is 250 g/mol. The van der Waals surface area contributed by atoms with Gasteiger partial charge in [0.25, 0.3) is 0 Å². The van der Waals surface area contributed by atoms with Crippen molar-refractivity contribution in [2.75, 3.05) is 0 Å². The smallest absolute Gasteiger partial charge is 0.309 e. The normalized spacial score (nSPS) is 36.2. The minimum atomic E-state index is -0.989. The molecule has 0 radical (unpaired) electrons. The number of rotatable bonds is 2. The molecule has 2 saturated heterocycles. The van der Waals surface area contributed by atoms with Gasteiger partial charge in [-0.2, -0.15) is 0 Å². The van der Waals surface area contributed by atoms with Crippen LogP contribution in [0.1, 0.15) is 18.1 Å². The highest BCUT2D eigenvalue weighted by Crippen LogP contribution is 2.36. The molecule has 0 aromatic heterocycles. The zero-order chi connectivity index (χ0) is 12.7. The summed E-state index contributed by atoms with van der Waals surface area (Å²) in [5.41, 5.74) is 0.674. The number of benzene rings is 1. The van der Waals surface area contributed by atoms with Crippen LogP contribution in [0, 0.1) is 0 Å². The molecule has 0 unspecified atom stereocenters. The van der Waals surface area contributed by atoms with Gasteiger partial charge >= 0.3 is 5.97 Å². The second-order valence-electron chi connectivity index (χ2n) is 4.64. The Bertz CT molecular complexity index is 446. The van der Waals surface area contributed by atoms with Crippen molar-refractivity contribution in [2.45, 2.75) is 36.9 Å². The van der Waals surface area contributed by atoms with E-state index in [9.17, 15) is 15.0 Å². The van der Waals surface area contributed by atoms with Gasteiger partial charge in [0.1, 0.15) is 24.4 Å². The number of esters is 1. The van der Waals surface area contributed by atoms with Crippen LogP contribution in [0.15, 0.2) is 30.3 Å². The van der Waals surface area contributed by atoms with E-state index in [1.165, 1.54) is 0 Å². The summed E-state index contributed by atoms with van der Waals surface area (Å²) in [7, 11) is 0. The van der Waals surface area contributed by atoms with Crippen molar-refractivity contribution in [3.63, 3.8) is 0 Å². The Kier molecular flexibility index (Phi) is 2.81. The second kappa shape index (κ2) is 4.35. The van der Waals surface area contributed by atoms with Crippen LogP contribution >= 0.6 is 0 Å². The summed E-state index contributed by atoms with van der Waals surface area (Å²) in [5, 5.41) is 20.2. The van der Waals surface area contributed by atoms with E-state index in [4.69, 9.17) is 9.47 Å². The highest BCUT2D eigenvalue weighted by atomic mass is 16.6. The first-order valence-electron chi connectivity index (χ1n) is 5.93. The summed E-state index contributed by atoms with van der Waals surface area (Å²) in [4.78, 5) is 11.1. The molecule has 5 heteroatoms. The van der Waals surface area contributed by atoms with Gasteiger partial charge in [-0.25, -0.2) is 0 Å². The topological polar surface area (TPSA) is 76.0 Å². The molecule has 1 aromatic carbocycles. The molecule has 5 atom stereocenters. The van der Waals surface area contributed by atoms with Crippen LogP contribution in [0.3, 0.4) is 0 Å². The SMILES string of the molecule is O=C1C[C@@H]2O[C@@H]([C@@H](O)c3ccccc3)[C@@H](O)[C@@H]2O1. The van der Waals surface area contributed by atoms with Gasteiger partial charge in [-0.15, -0.1) is 0 Å². The molecule has 96 valence electrons. The second-order valence-corrected chi connectivity index (χ2v) is 4.64. The van der Waals surface area contributed by atoms with Crippen molar-refractivity contribution in [2.24, 2.45) is 0 Å². The molecule has 2 aliphatic heterocycles. The van der Waals surface area contributed by atoms with E-state index in [1.807, 2.05) is 6.07 Å². The lowest BCUT2D eigenvalue weighted by atomic mass is 9.99. The molecule has 0 spiro atoms. The number of aliphatic hydroxyl groups excluding tert-OH is 2. The number of hydrogen-bond donors (Lipinski definition) is 2. The molecule has 0 aliphatic carbocycles. The van der Waals surface area contributed by atoms with E-state index in [0.29, 0.717) is 5.56 Å². The first-order valence-corrected chi connectivity index (χ1v) is 5.93. The molecular weight excluding hydrogens is 236 g/mol. The third-order valence-corrected chi connectivity index (χ3v) is 3.46. The lowest BCUT2D eigenvalue weighted by Gasteiger charge is -2.22. The van der Waals surface area contributed by atoms with Gasteiger partial charge in [-0.05, 0) is 5.56 Å². The zero-order valence-electron chi connectivity index (χ0n) is 9.60. The van der Waals surface area contributed by atoms with Gasteiger partial charge in [-0.1, -0.05) is 30.3 Å². The van der Waals surface area contributed by atoms with E-state index < -0.39 is 30.5 Å². The fourth-order valence-corrected chi connectivity index (χ4v) is 2.54. The van der Waals surface area contributed by atoms with Crippen molar-refractivity contribution in [3.05, 3.63) is 35.9 Å². The van der Waals surface area contributed by atoms with Gasteiger partial charge in [0.05, 0.1) is 6.42 Å². The van der Waals surface area contributed by atoms with Crippen molar-refractivity contribution in [1.82, 2.24) is 0 Å². The fraction of sp³-hybridized carbons (Fsp3) is 0.462. The van der Waals surface area contributed by atoms with Gasteiger partial charge in [0, 0.05) is 0 Å². The number of carbonyl (C=O) groups is 1. The Morgan fingerprint density at radius 1 is 1.28 bits per heavy atom. The Morgan fingerprint density at radius 3 is 2.67 bits per heavy atom. The molecule has 2 heterocycles. The van der Waals surface area contributed by atoms with E-state index in [-0.39, 0.29) is 12.4 Å².